The summed E-state index contributed by atoms with van der Waals surface area (Å²) in [6.07, 6.45) is 0.412. The summed E-state index contributed by atoms with van der Waals surface area (Å²) in [5.41, 5.74) is 2.36. The highest BCUT2D eigenvalue weighted by Crippen LogP contribution is 2.18. The van der Waals surface area contributed by atoms with Gasteiger partial charge in [-0.3, -0.25) is 9.59 Å². The van der Waals surface area contributed by atoms with E-state index < -0.39 is 11.9 Å². The normalized spacial score (nSPS) is 11.7. The first kappa shape index (κ1) is 20.6. The third-order valence-electron chi connectivity index (χ3n) is 4.64. The third-order valence-corrected chi connectivity index (χ3v) is 4.64. The molecule has 2 amide bonds. The van der Waals surface area contributed by atoms with Gasteiger partial charge in [0.05, 0.1) is 6.42 Å². The molecule has 0 bridgehead atoms. The highest BCUT2D eigenvalue weighted by atomic mass is 19.1. The lowest BCUT2D eigenvalue weighted by atomic mass is 10.0. The van der Waals surface area contributed by atoms with Crippen molar-refractivity contribution in [2.75, 3.05) is 6.54 Å². The van der Waals surface area contributed by atoms with E-state index in [1.807, 2.05) is 45.0 Å². The summed E-state index contributed by atoms with van der Waals surface area (Å²) in [4.78, 5) is 27.2. The second-order valence-corrected chi connectivity index (χ2v) is 6.53. The molecule has 0 aliphatic heterocycles. The van der Waals surface area contributed by atoms with Crippen LogP contribution in [0.25, 0.3) is 0 Å². The number of carbonyl (C=O) groups excluding carboxylic acids is 2. The first-order valence-corrected chi connectivity index (χ1v) is 9.33. The molecule has 0 aliphatic rings. The fourth-order valence-corrected chi connectivity index (χ4v) is 3.09. The molecule has 0 unspecified atom stereocenters. The van der Waals surface area contributed by atoms with Gasteiger partial charge in [0.1, 0.15) is 11.9 Å². The molecule has 144 valence electrons. The molecule has 0 spiro atoms. The van der Waals surface area contributed by atoms with Crippen LogP contribution in [0.4, 0.5) is 4.39 Å². The minimum atomic E-state index is -0.594. The van der Waals surface area contributed by atoms with Crippen molar-refractivity contribution in [1.82, 2.24) is 10.2 Å². The molecule has 1 atom stereocenters. The summed E-state index contributed by atoms with van der Waals surface area (Å²) in [6.45, 7) is 6.51. The lowest BCUT2D eigenvalue weighted by Gasteiger charge is -2.31. The van der Waals surface area contributed by atoms with E-state index >= 15 is 0 Å². The molecule has 0 fully saturated rings. The number of hydrogen-bond donors (Lipinski definition) is 1. The topological polar surface area (TPSA) is 49.4 Å². The summed E-state index contributed by atoms with van der Waals surface area (Å²) in [5, 5.41) is 2.80. The Morgan fingerprint density at radius 2 is 1.67 bits per heavy atom. The molecule has 0 saturated carbocycles. The van der Waals surface area contributed by atoms with Crippen LogP contribution >= 0.6 is 0 Å². The molecule has 0 aliphatic carbocycles. The van der Waals surface area contributed by atoms with E-state index in [-0.39, 0.29) is 18.2 Å². The Kier molecular flexibility index (Phi) is 7.53. The van der Waals surface area contributed by atoms with E-state index in [2.05, 4.69) is 5.32 Å². The number of benzene rings is 2. The van der Waals surface area contributed by atoms with E-state index in [9.17, 15) is 14.0 Å². The molecular weight excluding hydrogens is 343 g/mol. The van der Waals surface area contributed by atoms with Crippen LogP contribution in [0.15, 0.2) is 48.5 Å². The van der Waals surface area contributed by atoms with Gasteiger partial charge in [-0.15, -0.1) is 0 Å². The van der Waals surface area contributed by atoms with Crippen LogP contribution < -0.4 is 5.32 Å². The van der Waals surface area contributed by atoms with E-state index in [1.165, 1.54) is 6.07 Å². The zero-order valence-electron chi connectivity index (χ0n) is 16.2. The van der Waals surface area contributed by atoms with Gasteiger partial charge in [-0.1, -0.05) is 49.4 Å². The first-order valence-electron chi connectivity index (χ1n) is 9.33. The van der Waals surface area contributed by atoms with E-state index in [0.717, 1.165) is 11.1 Å². The van der Waals surface area contributed by atoms with Crippen molar-refractivity contribution in [2.45, 2.75) is 46.2 Å². The van der Waals surface area contributed by atoms with Crippen LogP contribution in [0.3, 0.4) is 0 Å². The Balaban J connectivity index is 2.32. The summed E-state index contributed by atoms with van der Waals surface area (Å²) < 4.78 is 14.0. The van der Waals surface area contributed by atoms with Crippen molar-refractivity contribution in [3.05, 3.63) is 71.0 Å². The van der Waals surface area contributed by atoms with E-state index in [0.29, 0.717) is 25.1 Å². The van der Waals surface area contributed by atoms with Gasteiger partial charge in [-0.25, -0.2) is 4.39 Å². The molecule has 1 N–H and O–H groups in total. The van der Waals surface area contributed by atoms with Crippen molar-refractivity contribution in [2.24, 2.45) is 0 Å². The number of hydrogen-bond acceptors (Lipinski definition) is 2. The number of aryl methyl sites for hydroxylation is 1. The average molecular weight is 370 g/mol. The molecule has 0 radical (unpaired) electrons. The Hall–Kier alpha value is -2.69. The van der Waals surface area contributed by atoms with Gasteiger partial charge in [-0.05, 0) is 43.0 Å². The van der Waals surface area contributed by atoms with Gasteiger partial charge >= 0.3 is 0 Å². The van der Waals surface area contributed by atoms with Gasteiger partial charge in [0.25, 0.3) is 0 Å². The summed E-state index contributed by atoms with van der Waals surface area (Å²) >= 11 is 0. The lowest BCUT2D eigenvalue weighted by molar-refractivity contribution is -0.140. The molecule has 4 nitrogen and oxygen atoms in total. The first-order chi connectivity index (χ1) is 13.0. The predicted octanol–water partition coefficient (Wildman–Crippen LogP) is 3.62. The minimum absolute atomic E-state index is 0.0749. The molecular formula is C22H27FN2O2. The number of rotatable bonds is 8. The highest BCUT2D eigenvalue weighted by Gasteiger charge is 2.29. The second kappa shape index (κ2) is 9.86. The Morgan fingerprint density at radius 3 is 2.26 bits per heavy atom. The van der Waals surface area contributed by atoms with Crippen LogP contribution in [0.2, 0.25) is 0 Å². The smallest absolute Gasteiger partial charge is 0.242 e. The van der Waals surface area contributed by atoms with E-state index in [1.54, 1.807) is 23.1 Å². The largest absolute Gasteiger partial charge is 0.355 e. The SMILES string of the molecule is CCNC(=O)[C@@H](CC)N(Cc1ccccc1C)C(=O)Cc1ccccc1F. The molecule has 5 heteroatoms. The molecule has 0 aromatic heterocycles. The zero-order valence-corrected chi connectivity index (χ0v) is 16.2. The molecule has 2 rings (SSSR count). The third kappa shape index (κ3) is 5.39. The quantitative estimate of drug-likeness (QED) is 0.772. The predicted molar refractivity (Wildman–Crippen MR) is 105 cm³/mol. The van der Waals surface area contributed by atoms with Crippen LogP contribution in [0.5, 0.6) is 0 Å². The Labute approximate surface area is 160 Å². The number of nitrogens with zero attached hydrogens (tertiary/aromatic N) is 1. The Morgan fingerprint density at radius 1 is 1.04 bits per heavy atom. The number of likely N-dealkylation sites (N-methyl/N-ethyl adjacent to an activating group) is 1. The van der Waals surface area contributed by atoms with Gasteiger partial charge in [0.2, 0.25) is 11.8 Å². The van der Waals surface area contributed by atoms with Crippen LogP contribution in [0.1, 0.15) is 37.0 Å². The summed E-state index contributed by atoms with van der Waals surface area (Å²) in [5.74, 6) is -0.857. The highest BCUT2D eigenvalue weighted by molar-refractivity contribution is 5.88. The van der Waals surface area contributed by atoms with Gasteiger partial charge in [0, 0.05) is 13.1 Å². The molecule has 0 saturated heterocycles. The fraction of sp³-hybridized carbons (Fsp3) is 0.364. The van der Waals surface area contributed by atoms with Crippen molar-refractivity contribution in [1.29, 1.82) is 0 Å². The molecule has 2 aromatic carbocycles. The second-order valence-electron chi connectivity index (χ2n) is 6.53. The standard InChI is InChI=1S/C22H27FN2O2/c1-4-20(22(27)24-5-2)25(15-18-12-7-6-10-16(18)3)21(26)14-17-11-8-9-13-19(17)23/h6-13,20H,4-5,14-15H2,1-3H3,(H,24,27)/t20-/m1/s1. The van der Waals surface area contributed by atoms with E-state index in [4.69, 9.17) is 0 Å². The van der Waals surface area contributed by atoms with Gasteiger partial charge in [0.15, 0.2) is 0 Å². The maximum absolute atomic E-state index is 14.0. The van der Waals surface area contributed by atoms with Crippen LogP contribution in [-0.2, 0) is 22.6 Å². The van der Waals surface area contributed by atoms with Crippen LogP contribution in [0, 0.1) is 12.7 Å². The van der Waals surface area contributed by atoms with Crippen LogP contribution in [-0.4, -0.2) is 29.3 Å². The molecule has 2 aromatic rings. The van der Waals surface area contributed by atoms with Crippen molar-refractivity contribution >= 4 is 11.8 Å². The molecule has 27 heavy (non-hydrogen) atoms. The Bertz CT molecular complexity index is 791. The zero-order chi connectivity index (χ0) is 19.8. The van der Waals surface area contributed by atoms with Gasteiger partial charge in [-0.2, -0.15) is 0 Å². The fourth-order valence-electron chi connectivity index (χ4n) is 3.09. The van der Waals surface area contributed by atoms with Gasteiger partial charge < -0.3 is 10.2 Å². The average Bonchev–Trinajstić information content (AvgIpc) is 2.65. The monoisotopic (exact) mass is 370 g/mol. The minimum Gasteiger partial charge on any atom is -0.355 e. The number of nitrogens with one attached hydrogen (secondary N) is 1. The summed E-state index contributed by atoms with van der Waals surface area (Å²) in [6, 6.07) is 13.4. The number of amides is 2. The summed E-state index contributed by atoms with van der Waals surface area (Å²) in [7, 11) is 0. The maximum atomic E-state index is 14.0. The van der Waals surface area contributed by atoms with Crippen molar-refractivity contribution in [3.8, 4) is 0 Å². The number of carbonyl (C=O) groups is 2. The van der Waals surface area contributed by atoms with Crippen molar-refractivity contribution in [3.63, 3.8) is 0 Å². The number of halogens is 1. The lowest BCUT2D eigenvalue weighted by Crippen LogP contribution is -2.49. The maximum Gasteiger partial charge on any atom is 0.242 e. The van der Waals surface area contributed by atoms with Crippen molar-refractivity contribution < 1.29 is 14.0 Å². The molecule has 0 heterocycles.